The second-order valence-corrected chi connectivity index (χ2v) is 13.0. The van der Waals surface area contributed by atoms with Gasteiger partial charge in [-0.05, 0) is 88.9 Å². The van der Waals surface area contributed by atoms with Gasteiger partial charge in [0.25, 0.3) is 0 Å². The third-order valence-electron chi connectivity index (χ3n) is 8.03. The Balaban J connectivity index is 2.06. The number of rotatable bonds is 21. The molecule has 286 valence electrons. The number of halogens is 4. The van der Waals surface area contributed by atoms with Gasteiger partial charge in [0, 0.05) is 12.6 Å². The summed E-state index contributed by atoms with van der Waals surface area (Å²) in [7, 11) is 0. The van der Waals surface area contributed by atoms with E-state index in [-0.39, 0.29) is 56.4 Å². The highest BCUT2D eigenvalue weighted by atomic mass is 19.2. The largest absolute Gasteiger partial charge is 0.368 e. The molecular weight excluding hydrogens is 692 g/mol. The molecule has 2 aromatic rings. The van der Waals surface area contributed by atoms with Crippen molar-refractivity contribution < 1.29 is 46.3 Å². The molecule has 2 aromatic carbocycles. The molecule has 6 amide bonds. The van der Waals surface area contributed by atoms with E-state index in [4.69, 9.17) is 17.2 Å². The summed E-state index contributed by atoms with van der Waals surface area (Å²) >= 11 is 0. The van der Waals surface area contributed by atoms with Crippen LogP contribution in [0.3, 0.4) is 0 Å². The van der Waals surface area contributed by atoms with Crippen LogP contribution in [0.1, 0.15) is 57.6 Å². The number of carbonyl (C=O) groups is 6. The molecule has 14 nitrogen and oxygen atoms in total. The number of nitrogens with one attached hydrogen (secondary N) is 5. The Kier molecular flexibility index (Phi) is 16.1. The third kappa shape index (κ3) is 13.6. The van der Waals surface area contributed by atoms with E-state index in [1.165, 1.54) is 26.8 Å². The van der Waals surface area contributed by atoms with E-state index in [1.54, 1.807) is 0 Å². The lowest BCUT2D eigenvalue weighted by atomic mass is 9.99. The van der Waals surface area contributed by atoms with Gasteiger partial charge < -0.3 is 43.8 Å². The van der Waals surface area contributed by atoms with E-state index in [0.29, 0.717) is 12.5 Å². The number of amides is 6. The summed E-state index contributed by atoms with van der Waals surface area (Å²) in [4.78, 5) is 76.1. The van der Waals surface area contributed by atoms with Gasteiger partial charge in [-0.2, -0.15) is 0 Å². The van der Waals surface area contributed by atoms with Crippen molar-refractivity contribution in [2.75, 3.05) is 19.6 Å². The van der Waals surface area contributed by atoms with E-state index in [0.717, 1.165) is 24.3 Å². The van der Waals surface area contributed by atoms with Crippen LogP contribution in [0.4, 0.5) is 17.6 Å². The second kappa shape index (κ2) is 19.5. The van der Waals surface area contributed by atoms with Crippen LogP contribution in [-0.4, -0.2) is 78.2 Å². The van der Waals surface area contributed by atoms with Crippen molar-refractivity contribution in [2.45, 2.75) is 82.5 Å². The lowest BCUT2D eigenvalue weighted by molar-refractivity contribution is -0.133. The highest BCUT2D eigenvalue weighted by molar-refractivity contribution is 5.95. The maximum atomic E-state index is 14.1. The zero-order valence-corrected chi connectivity index (χ0v) is 29.2. The van der Waals surface area contributed by atoms with Gasteiger partial charge in [-0.3, -0.25) is 28.8 Å². The van der Waals surface area contributed by atoms with Crippen LogP contribution in [0.25, 0.3) is 0 Å². The Morgan fingerprint density at radius 2 is 1.31 bits per heavy atom. The Hall–Kier alpha value is -5.10. The van der Waals surface area contributed by atoms with Gasteiger partial charge in [-0.1, -0.05) is 12.1 Å². The van der Waals surface area contributed by atoms with Gasteiger partial charge in [0.15, 0.2) is 11.6 Å². The molecule has 0 bridgehead atoms. The van der Waals surface area contributed by atoms with E-state index < -0.39 is 88.3 Å². The first-order chi connectivity index (χ1) is 24.3. The Bertz CT molecular complexity index is 1630. The maximum absolute atomic E-state index is 14.1. The minimum atomic E-state index is -1.68. The Morgan fingerprint density at radius 1 is 0.712 bits per heavy atom. The van der Waals surface area contributed by atoms with Crippen molar-refractivity contribution in [3.8, 4) is 0 Å². The fourth-order valence-corrected chi connectivity index (χ4v) is 4.80. The van der Waals surface area contributed by atoms with Gasteiger partial charge >= 0.3 is 0 Å². The Labute approximate surface area is 298 Å². The number of hydrogen-bond acceptors (Lipinski definition) is 8. The van der Waals surface area contributed by atoms with Gasteiger partial charge in [0.05, 0.1) is 12.8 Å². The molecule has 0 aliphatic carbocycles. The zero-order valence-electron chi connectivity index (χ0n) is 29.2. The van der Waals surface area contributed by atoms with Crippen LogP contribution in [-0.2, 0) is 41.6 Å². The molecule has 0 radical (unpaired) electrons. The maximum Gasteiger partial charge on any atom is 0.244 e. The number of nitrogens with two attached hydrogens (primary N) is 3. The first-order valence-electron chi connectivity index (χ1n) is 16.4. The van der Waals surface area contributed by atoms with Crippen molar-refractivity contribution in [2.24, 2.45) is 17.2 Å². The molecule has 0 spiro atoms. The van der Waals surface area contributed by atoms with Crippen molar-refractivity contribution in [3.63, 3.8) is 0 Å². The first kappa shape index (κ1) is 43.1. The predicted octanol–water partition coefficient (Wildman–Crippen LogP) is -0.153. The highest BCUT2D eigenvalue weighted by Crippen LogP contribution is 2.13. The molecule has 2 rings (SSSR count). The molecule has 0 aromatic heterocycles. The zero-order chi connectivity index (χ0) is 39.2. The van der Waals surface area contributed by atoms with Crippen LogP contribution in [0, 0.1) is 23.3 Å². The summed E-state index contributed by atoms with van der Waals surface area (Å²) in [6.45, 7) is 4.16. The molecule has 0 aliphatic rings. The molecule has 0 fully saturated rings. The van der Waals surface area contributed by atoms with Gasteiger partial charge in [-0.25, -0.2) is 17.6 Å². The molecule has 0 aliphatic heterocycles. The molecule has 1 unspecified atom stereocenters. The Morgan fingerprint density at radius 3 is 1.87 bits per heavy atom. The van der Waals surface area contributed by atoms with E-state index >= 15 is 0 Å². The smallest absolute Gasteiger partial charge is 0.244 e. The minimum absolute atomic E-state index is 0.0177. The van der Waals surface area contributed by atoms with Crippen LogP contribution in [0.15, 0.2) is 36.4 Å². The van der Waals surface area contributed by atoms with E-state index in [1.807, 2.05) is 0 Å². The molecular formula is C34H46F4N8O6. The van der Waals surface area contributed by atoms with Crippen LogP contribution >= 0.6 is 0 Å². The molecule has 0 heterocycles. The number of primary amides is 2. The van der Waals surface area contributed by atoms with Crippen molar-refractivity contribution in [1.29, 1.82) is 0 Å². The predicted molar refractivity (Wildman–Crippen MR) is 182 cm³/mol. The standard InChI is InChI=1S/C34H46F4N8O6/c1-33(2,31(40)51)45-29(49)26(44-28(48)16-20-9-10-21(35)17-23(20)37)7-5-13-42-18-34(3,32(41)52)46-30(50)25(6-4-12-39)43-27(47)15-19-8-11-22(36)24(38)14-19/h8-11,14,17,25-26,42H,4-7,12-13,15-16,18,39H2,1-3H3,(H2,40,51)(H2,41,52)(H,43,47)(H,44,48)(H,45,49)(H,46,50)/t25-,26-,34?/m1/s1. The highest BCUT2D eigenvalue weighted by Gasteiger charge is 2.35. The lowest BCUT2D eigenvalue weighted by Crippen LogP contribution is -2.63. The minimum Gasteiger partial charge on any atom is -0.368 e. The quantitative estimate of drug-likeness (QED) is 0.0631. The summed E-state index contributed by atoms with van der Waals surface area (Å²) in [6, 6.07) is 3.27. The topological polar surface area (TPSA) is 241 Å². The SMILES string of the molecule is CC(C)(NC(=O)[C@@H](CCCNCC(C)(NC(=O)[C@@H](CCCN)NC(=O)Cc1ccc(F)c(F)c1)C(N)=O)NC(=O)Cc1ccc(F)cc1F)C(N)=O. The third-order valence-corrected chi connectivity index (χ3v) is 8.03. The first-order valence-corrected chi connectivity index (χ1v) is 16.4. The molecule has 11 N–H and O–H groups in total. The van der Waals surface area contributed by atoms with Crippen LogP contribution in [0.2, 0.25) is 0 Å². The van der Waals surface area contributed by atoms with Crippen LogP contribution < -0.4 is 43.8 Å². The molecule has 3 atom stereocenters. The molecule has 0 saturated heterocycles. The lowest BCUT2D eigenvalue weighted by Gasteiger charge is -2.30. The monoisotopic (exact) mass is 738 g/mol. The average Bonchev–Trinajstić information content (AvgIpc) is 3.04. The summed E-state index contributed by atoms with van der Waals surface area (Å²) < 4.78 is 54.3. The number of carbonyl (C=O) groups excluding carboxylic acids is 6. The fourth-order valence-electron chi connectivity index (χ4n) is 4.80. The van der Waals surface area contributed by atoms with E-state index in [9.17, 15) is 46.3 Å². The summed E-state index contributed by atoms with van der Waals surface area (Å²) in [5.41, 5.74) is 13.4. The van der Waals surface area contributed by atoms with Crippen LogP contribution in [0.5, 0.6) is 0 Å². The van der Waals surface area contributed by atoms with Gasteiger partial charge in [0.2, 0.25) is 35.4 Å². The second-order valence-electron chi connectivity index (χ2n) is 13.0. The van der Waals surface area contributed by atoms with Crippen molar-refractivity contribution in [1.82, 2.24) is 26.6 Å². The van der Waals surface area contributed by atoms with Gasteiger partial charge in [0.1, 0.15) is 34.8 Å². The average molecular weight is 739 g/mol. The fraction of sp³-hybridized carbons (Fsp3) is 0.471. The number of hydrogen-bond donors (Lipinski definition) is 8. The summed E-state index contributed by atoms with van der Waals surface area (Å²) in [6.07, 6.45) is -0.305. The van der Waals surface area contributed by atoms with E-state index in [2.05, 4.69) is 26.6 Å². The van der Waals surface area contributed by atoms with Gasteiger partial charge in [-0.15, -0.1) is 0 Å². The summed E-state index contributed by atoms with van der Waals surface area (Å²) in [5, 5.41) is 12.9. The molecule has 52 heavy (non-hydrogen) atoms. The van der Waals surface area contributed by atoms with Crippen molar-refractivity contribution >= 4 is 35.4 Å². The molecule has 0 saturated carbocycles. The van der Waals surface area contributed by atoms with Crippen molar-refractivity contribution in [3.05, 3.63) is 70.8 Å². The summed E-state index contributed by atoms with van der Waals surface area (Å²) in [5.74, 6) is -8.73. The number of benzene rings is 2. The normalized spacial score (nSPS) is 13.6. The molecule has 18 heteroatoms.